The van der Waals surface area contributed by atoms with Gasteiger partial charge >= 0.3 is 0 Å². The van der Waals surface area contributed by atoms with Crippen molar-refractivity contribution in [1.29, 1.82) is 0 Å². The largest absolute Gasteiger partial charge is 0.395 e. The van der Waals surface area contributed by atoms with Crippen molar-refractivity contribution in [2.45, 2.75) is 38.0 Å². The van der Waals surface area contributed by atoms with E-state index in [1.165, 1.54) is 4.68 Å². The summed E-state index contributed by atoms with van der Waals surface area (Å²) in [4.78, 5) is 28.7. The second kappa shape index (κ2) is 13.8. The summed E-state index contributed by atoms with van der Waals surface area (Å²) < 4.78 is 3.08. The molecule has 1 unspecified atom stereocenters. The summed E-state index contributed by atoms with van der Waals surface area (Å²) in [6, 6.07) is 29.4. The van der Waals surface area contributed by atoms with Gasteiger partial charge in [-0.1, -0.05) is 96.6 Å². The van der Waals surface area contributed by atoms with Crippen LogP contribution in [0.15, 0.2) is 126 Å². The SMILES string of the molecule is C[C@@H](/C=C/CCn1cc(C(CO)c2ccccc2)nn1)[C@]1(O)C(=O)N(Cc2ccc(-n3ncc4ccccc4c3=O)cc2)c2ccc(Cl)cc21. The van der Waals surface area contributed by atoms with E-state index in [2.05, 4.69) is 15.4 Å². The van der Waals surface area contributed by atoms with Crippen LogP contribution in [0, 0.1) is 5.92 Å². The maximum absolute atomic E-state index is 14.1. The van der Waals surface area contributed by atoms with Gasteiger partial charge < -0.3 is 15.1 Å². The third-order valence-electron chi connectivity index (χ3n) is 9.36. The molecule has 0 saturated heterocycles. The average molecular weight is 687 g/mol. The Bertz CT molecular complexity index is 2250. The van der Waals surface area contributed by atoms with Gasteiger partial charge in [-0.15, -0.1) is 5.10 Å². The second-order valence-electron chi connectivity index (χ2n) is 12.5. The van der Waals surface area contributed by atoms with Crippen LogP contribution in [0.3, 0.4) is 0 Å². The van der Waals surface area contributed by atoms with Crippen LogP contribution in [0.1, 0.15) is 41.6 Å². The number of aliphatic hydroxyl groups excluding tert-OH is 1. The zero-order valence-corrected chi connectivity index (χ0v) is 28.1. The number of carbonyl (C=O) groups excluding carboxylic acids is 1. The van der Waals surface area contributed by atoms with Gasteiger partial charge in [0.2, 0.25) is 0 Å². The zero-order chi connectivity index (χ0) is 34.8. The highest BCUT2D eigenvalue weighted by atomic mass is 35.5. The Morgan fingerprint density at radius 2 is 1.72 bits per heavy atom. The Morgan fingerprint density at radius 3 is 2.50 bits per heavy atom. The van der Waals surface area contributed by atoms with E-state index in [4.69, 9.17) is 11.6 Å². The molecule has 0 saturated carbocycles. The number of anilines is 1. The normalized spacial score (nSPS) is 17.0. The first kappa shape index (κ1) is 33.1. The minimum Gasteiger partial charge on any atom is -0.395 e. The number of aliphatic hydroxyl groups is 2. The summed E-state index contributed by atoms with van der Waals surface area (Å²) in [6.07, 6.45) is 7.84. The van der Waals surface area contributed by atoms with Gasteiger partial charge in [-0.2, -0.15) is 9.78 Å². The van der Waals surface area contributed by atoms with Crippen LogP contribution in [0.4, 0.5) is 5.69 Å². The second-order valence-corrected chi connectivity index (χ2v) is 12.9. The van der Waals surface area contributed by atoms with Gasteiger partial charge in [-0.25, -0.2) is 0 Å². The summed E-state index contributed by atoms with van der Waals surface area (Å²) >= 11 is 6.38. The molecule has 1 aliphatic rings. The highest BCUT2D eigenvalue weighted by Crippen LogP contribution is 2.46. The molecule has 3 heterocycles. The lowest BCUT2D eigenvalue weighted by Crippen LogP contribution is -2.44. The molecule has 252 valence electrons. The third-order valence-corrected chi connectivity index (χ3v) is 9.59. The Hall–Kier alpha value is -5.42. The van der Waals surface area contributed by atoms with Crippen LogP contribution in [-0.2, 0) is 23.5 Å². The Kier molecular flexibility index (Phi) is 9.16. The van der Waals surface area contributed by atoms with Crippen molar-refractivity contribution >= 4 is 34.0 Å². The van der Waals surface area contributed by atoms with Gasteiger partial charge in [-0.3, -0.25) is 14.3 Å². The first-order chi connectivity index (χ1) is 24.3. The fraction of sp³-hybridized carbons (Fsp3) is 0.205. The quantitative estimate of drug-likeness (QED) is 0.166. The van der Waals surface area contributed by atoms with E-state index in [1.54, 1.807) is 52.2 Å². The van der Waals surface area contributed by atoms with Gasteiger partial charge in [0.25, 0.3) is 11.5 Å². The molecule has 50 heavy (non-hydrogen) atoms. The smallest absolute Gasteiger partial charge is 0.279 e. The molecule has 1 amide bonds. The standard InChI is InChI=1S/C39H35ClN6O4/c1-26(9-7-8-20-44-24-35(42-43-44)33(25-47)28-10-3-2-4-11-28)39(50)34-21-30(40)16-19-36(34)45(38(39)49)23-27-14-17-31(18-15-27)46-37(48)32-13-6-5-12-29(32)22-41-46/h2-7,9-19,21-22,24,26,33,47,50H,8,20,23,25H2,1H3/b9-7+/t26-,33?,39+/m0/s1. The van der Waals surface area contributed by atoms with Crippen molar-refractivity contribution in [2.24, 2.45) is 5.92 Å². The number of aromatic nitrogens is 5. The van der Waals surface area contributed by atoms with Gasteiger partial charge in [0.15, 0.2) is 5.60 Å². The molecule has 0 fully saturated rings. The summed E-state index contributed by atoms with van der Waals surface area (Å²) in [5, 5.41) is 36.7. The van der Waals surface area contributed by atoms with Crippen LogP contribution < -0.4 is 10.5 Å². The van der Waals surface area contributed by atoms with Crippen molar-refractivity contribution in [2.75, 3.05) is 11.5 Å². The van der Waals surface area contributed by atoms with Crippen LogP contribution in [-0.4, -0.2) is 47.5 Å². The molecule has 11 heteroatoms. The fourth-order valence-electron chi connectivity index (χ4n) is 6.56. The fourth-order valence-corrected chi connectivity index (χ4v) is 6.73. The van der Waals surface area contributed by atoms with Gasteiger partial charge in [0.1, 0.15) is 0 Å². The molecule has 1 aliphatic heterocycles. The molecule has 10 nitrogen and oxygen atoms in total. The number of fused-ring (bicyclic) bond motifs is 2. The highest BCUT2D eigenvalue weighted by molar-refractivity contribution is 6.31. The average Bonchev–Trinajstić information content (AvgIpc) is 3.69. The van der Waals surface area contributed by atoms with E-state index in [0.29, 0.717) is 46.0 Å². The number of halogens is 1. The molecule has 0 radical (unpaired) electrons. The third kappa shape index (κ3) is 6.13. The number of aryl methyl sites for hydroxylation is 1. The van der Waals surface area contributed by atoms with Crippen LogP contribution in [0.25, 0.3) is 16.5 Å². The number of rotatable bonds is 11. The molecule has 0 aliphatic carbocycles. The summed E-state index contributed by atoms with van der Waals surface area (Å²) in [6.45, 7) is 2.47. The van der Waals surface area contributed by atoms with Crippen molar-refractivity contribution in [3.8, 4) is 5.69 Å². The number of benzene rings is 4. The number of allylic oxidation sites excluding steroid dienone is 1. The molecule has 7 rings (SSSR count). The molecule has 6 aromatic rings. The minimum absolute atomic E-state index is 0.0787. The monoisotopic (exact) mass is 686 g/mol. The predicted octanol–water partition coefficient (Wildman–Crippen LogP) is 5.77. The predicted molar refractivity (Wildman–Crippen MR) is 192 cm³/mol. The maximum atomic E-state index is 14.1. The topological polar surface area (TPSA) is 126 Å². The van der Waals surface area contributed by atoms with Crippen molar-refractivity contribution in [1.82, 2.24) is 24.8 Å². The number of amides is 1. The lowest BCUT2D eigenvalue weighted by atomic mass is 9.83. The molecule has 0 bridgehead atoms. The van der Waals surface area contributed by atoms with E-state index in [9.17, 15) is 19.8 Å². The molecule has 0 spiro atoms. The highest BCUT2D eigenvalue weighted by Gasteiger charge is 2.52. The van der Waals surface area contributed by atoms with Crippen molar-refractivity contribution in [3.63, 3.8) is 0 Å². The summed E-state index contributed by atoms with van der Waals surface area (Å²) in [5.74, 6) is -1.28. The van der Waals surface area contributed by atoms with Gasteiger partial charge in [0.05, 0.1) is 47.7 Å². The van der Waals surface area contributed by atoms with Crippen molar-refractivity contribution in [3.05, 3.63) is 159 Å². The van der Waals surface area contributed by atoms with Crippen LogP contribution in [0.5, 0.6) is 0 Å². The number of hydrogen-bond donors (Lipinski definition) is 2. The molecular weight excluding hydrogens is 652 g/mol. The van der Waals surface area contributed by atoms with E-state index in [-0.39, 0.29) is 24.6 Å². The summed E-state index contributed by atoms with van der Waals surface area (Å²) in [5.41, 5.74) is 2.06. The number of hydrogen-bond acceptors (Lipinski definition) is 7. The minimum atomic E-state index is -1.83. The van der Waals surface area contributed by atoms with E-state index in [1.807, 2.05) is 85.9 Å². The Morgan fingerprint density at radius 1 is 0.960 bits per heavy atom. The van der Waals surface area contributed by atoms with Crippen molar-refractivity contribution < 1.29 is 15.0 Å². The van der Waals surface area contributed by atoms with Crippen LogP contribution >= 0.6 is 11.6 Å². The maximum Gasteiger partial charge on any atom is 0.279 e. The number of carbonyl (C=O) groups is 1. The molecular formula is C39H35ClN6O4. The molecule has 4 aromatic carbocycles. The first-order valence-corrected chi connectivity index (χ1v) is 16.8. The van der Waals surface area contributed by atoms with Gasteiger partial charge in [0, 0.05) is 34.6 Å². The van der Waals surface area contributed by atoms with E-state index in [0.717, 1.165) is 16.5 Å². The Labute approximate surface area is 293 Å². The first-order valence-electron chi connectivity index (χ1n) is 16.4. The molecule has 2 aromatic heterocycles. The van der Waals surface area contributed by atoms with E-state index < -0.39 is 17.4 Å². The lowest BCUT2D eigenvalue weighted by molar-refractivity contribution is -0.139. The molecule has 3 atom stereocenters. The summed E-state index contributed by atoms with van der Waals surface area (Å²) in [7, 11) is 0. The molecule has 2 N–H and O–H groups in total. The zero-order valence-electron chi connectivity index (χ0n) is 27.3. The number of nitrogens with zero attached hydrogens (tertiary/aromatic N) is 6. The van der Waals surface area contributed by atoms with Crippen LogP contribution in [0.2, 0.25) is 5.02 Å². The lowest BCUT2D eigenvalue weighted by Gasteiger charge is -2.27. The van der Waals surface area contributed by atoms with E-state index >= 15 is 0 Å². The Balaban J connectivity index is 1.05. The van der Waals surface area contributed by atoms with Gasteiger partial charge in [-0.05, 0) is 53.9 Å².